The Hall–Kier alpha value is -2.33. The van der Waals surface area contributed by atoms with Gasteiger partial charge < -0.3 is 20.7 Å². The van der Waals surface area contributed by atoms with Gasteiger partial charge in [0.25, 0.3) is 5.91 Å². The third-order valence-corrected chi connectivity index (χ3v) is 10.2. The molecule has 2 aromatic rings. The van der Waals surface area contributed by atoms with Gasteiger partial charge in [0.2, 0.25) is 5.91 Å². The van der Waals surface area contributed by atoms with E-state index >= 15 is 0 Å². The molecule has 3 heterocycles. The van der Waals surface area contributed by atoms with Crippen LogP contribution in [0, 0.1) is 24.6 Å². The monoisotopic (exact) mass is 584 g/mol. The highest BCUT2D eigenvalue weighted by atomic mass is 32.1. The van der Waals surface area contributed by atoms with Crippen molar-refractivity contribution in [2.45, 2.75) is 83.0 Å². The van der Waals surface area contributed by atoms with Gasteiger partial charge in [-0.15, -0.1) is 11.3 Å². The molecule has 5 rings (SSSR count). The fraction of sp³-hybridized carbons (Fsp3) is 0.625. The molecule has 224 valence electrons. The van der Waals surface area contributed by atoms with Crippen molar-refractivity contribution in [2.24, 2.45) is 17.6 Å². The first-order valence-electron chi connectivity index (χ1n) is 15.3. The minimum Gasteiger partial charge on any atom is -0.377 e. The van der Waals surface area contributed by atoms with E-state index in [9.17, 15) is 14.0 Å². The van der Waals surface area contributed by atoms with Crippen LogP contribution in [0.5, 0.6) is 0 Å². The quantitative estimate of drug-likeness (QED) is 0.422. The van der Waals surface area contributed by atoms with E-state index in [0.717, 1.165) is 71.2 Å². The third-order valence-electron chi connectivity index (χ3n) is 9.23. The topological polar surface area (TPSA) is 87.9 Å². The molecule has 2 aliphatic heterocycles. The molecule has 2 saturated heterocycles. The van der Waals surface area contributed by atoms with Gasteiger partial charge in [0.1, 0.15) is 11.9 Å². The number of halogens is 1. The Bertz CT molecular complexity index is 1140. The number of nitrogens with zero attached hydrogens (tertiary/aromatic N) is 2. The predicted octanol–water partition coefficient (Wildman–Crippen LogP) is 4.73. The van der Waals surface area contributed by atoms with Crippen molar-refractivity contribution < 1.29 is 18.7 Å². The van der Waals surface area contributed by atoms with Crippen molar-refractivity contribution in [1.29, 1.82) is 0 Å². The molecular formula is C32H45FN4O3S. The molecule has 1 saturated carbocycles. The summed E-state index contributed by atoms with van der Waals surface area (Å²) in [7, 11) is 0. The van der Waals surface area contributed by atoms with Crippen LogP contribution in [0.4, 0.5) is 4.39 Å². The molecule has 1 aromatic heterocycles. The van der Waals surface area contributed by atoms with Gasteiger partial charge in [-0.3, -0.25) is 14.5 Å². The number of nitrogens with one attached hydrogen (secondary N) is 1. The number of hydrogen-bond donors (Lipinski definition) is 2. The average molecular weight is 585 g/mol. The SMILES string of the molecule is Cc1ccc(CN(CC2CCCO2)C2CCN(C(=O)c3ccc(F)cc3)[C@@H](C(=O)NCC3CCC(CN)CC3)C2)s1. The van der Waals surface area contributed by atoms with Gasteiger partial charge in [0.15, 0.2) is 0 Å². The maximum Gasteiger partial charge on any atom is 0.254 e. The standard InChI is InChI=1S/C32H45FN4O3S/c1-22-4-13-29(41-22)21-36(20-28-3-2-16-40-28)27-14-15-37(32(39)25-9-11-26(33)12-10-25)30(17-27)31(38)35-19-24-7-5-23(18-34)6-8-24/h4,9-13,23-24,27-28,30H,2-3,5-8,14-21,34H2,1H3,(H,35,38)/t23?,24?,27?,28?,30-/m1/s1. The Morgan fingerprint density at radius 1 is 1.07 bits per heavy atom. The van der Waals surface area contributed by atoms with Crippen molar-refractivity contribution in [3.8, 4) is 0 Å². The molecule has 3 fully saturated rings. The highest BCUT2D eigenvalue weighted by Crippen LogP contribution is 2.30. The Labute approximate surface area is 247 Å². The lowest BCUT2D eigenvalue weighted by Crippen LogP contribution is -2.58. The number of likely N-dealkylation sites (tertiary alicyclic amines) is 1. The van der Waals surface area contributed by atoms with E-state index in [0.29, 0.717) is 36.9 Å². The zero-order valence-electron chi connectivity index (χ0n) is 24.2. The normalized spacial score (nSPS) is 26.8. The van der Waals surface area contributed by atoms with Gasteiger partial charge in [-0.1, -0.05) is 0 Å². The maximum absolute atomic E-state index is 13.8. The number of thiophene rings is 1. The van der Waals surface area contributed by atoms with Crippen LogP contribution in [0.15, 0.2) is 36.4 Å². The number of benzene rings is 1. The number of carbonyl (C=O) groups is 2. The van der Waals surface area contributed by atoms with Crippen LogP contribution in [0.1, 0.15) is 71.5 Å². The van der Waals surface area contributed by atoms with Gasteiger partial charge >= 0.3 is 0 Å². The molecule has 1 aromatic carbocycles. The Morgan fingerprint density at radius 2 is 1.83 bits per heavy atom. The third kappa shape index (κ3) is 7.95. The van der Waals surface area contributed by atoms with Crippen LogP contribution in [0.25, 0.3) is 0 Å². The zero-order valence-corrected chi connectivity index (χ0v) is 25.0. The maximum atomic E-state index is 13.8. The summed E-state index contributed by atoms with van der Waals surface area (Å²) in [5, 5.41) is 3.22. The summed E-state index contributed by atoms with van der Waals surface area (Å²) in [5.74, 6) is 0.349. The Morgan fingerprint density at radius 3 is 2.49 bits per heavy atom. The van der Waals surface area contributed by atoms with Crippen molar-refractivity contribution in [1.82, 2.24) is 15.1 Å². The molecular weight excluding hydrogens is 539 g/mol. The summed E-state index contributed by atoms with van der Waals surface area (Å²) in [6.45, 7) is 6.41. The van der Waals surface area contributed by atoms with Gasteiger partial charge in [0.05, 0.1) is 6.10 Å². The summed E-state index contributed by atoms with van der Waals surface area (Å²) in [6.07, 6.45) is 8.04. The lowest BCUT2D eigenvalue weighted by Gasteiger charge is -2.43. The van der Waals surface area contributed by atoms with E-state index in [4.69, 9.17) is 10.5 Å². The van der Waals surface area contributed by atoms with E-state index in [1.54, 1.807) is 4.90 Å². The summed E-state index contributed by atoms with van der Waals surface area (Å²) in [5.41, 5.74) is 6.28. The van der Waals surface area contributed by atoms with E-state index in [-0.39, 0.29) is 29.8 Å². The number of rotatable bonds is 10. The second kappa shape index (κ2) is 14.2. The van der Waals surface area contributed by atoms with Gasteiger partial charge in [0, 0.05) is 54.1 Å². The first-order valence-corrected chi connectivity index (χ1v) is 16.2. The molecule has 3 aliphatic rings. The minimum atomic E-state index is -0.580. The minimum absolute atomic E-state index is 0.0878. The van der Waals surface area contributed by atoms with E-state index < -0.39 is 6.04 Å². The molecule has 1 aliphatic carbocycles. The molecule has 0 spiro atoms. The lowest BCUT2D eigenvalue weighted by atomic mass is 9.82. The number of ether oxygens (including phenoxy) is 1. The molecule has 2 amide bonds. The van der Waals surface area contributed by atoms with Gasteiger partial charge in [-0.05, 0) is 113 Å². The van der Waals surface area contributed by atoms with Crippen LogP contribution in [-0.4, -0.2) is 72.6 Å². The first kappa shape index (κ1) is 30.1. The van der Waals surface area contributed by atoms with E-state index in [1.165, 1.54) is 34.0 Å². The second-order valence-corrected chi connectivity index (χ2v) is 13.5. The van der Waals surface area contributed by atoms with E-state index in [2.05, 4.69) is 29.3 Å². The molecule has 9 heteroatoms. The smallest absolute Gasteiger partial charge is 0.254 e. The Balaban J connectivity index is 1.32. The highest BCUT2D eigenvalue weighted by molar-refractivity contribution is 7.11. The lowest BCUT2D eigenvalue weighted by molar-refractivity contribution is -0.128. The highest BCUT2D eigenvalue weighted by Gasteiger charge is 2.39. The summed E-state index contributed by atoms with van der Waals surface area (Å²) < 4.78 is 19.6. The second-order valence-electron chi connectivity index (χ2n) is 12.1. The van der Waals surface area contributed by atoms with Crippen molar-refractivity contribution in [3.63, 3.8) is 0 Å². The number of aryl methyl sites for hydroxylation is 1. The number of nitrogens with two attached hydrogens (primary N) is 1. The largest absolute Gasteiger partial charge is 0.377 e. The Kier molecular flexibility index (Phi) is 10.5. The first-order chi connectivity index (χ1) is 19.9. The molecule has 0 radical (unpaired) electrons. The van der Waals surface area contributed by atoms with Gasteiger partial charge in [-0.2, -0.15) is 0 Å². The predicted molar refractivity (Wildman–Crippen MR) is 160 cm³/mol. The number of piperidine rings is 1. The molecule has 3 N–H and O–H groups in total. The molecule has 3 atom stereocenters. The molecule has 2 unspecified atom stereocenters. The van der Waals surface area contributed by atoms with Gasteiger partial charge in [-0.25, -0.2) is 4.39 Å². The van der Waals surface area contributed by atoms with Crippen LogP contribution in [-0.2, 0) is 16.1 Å². The molecule has 41 heavy (non-hydrogen) atoms. The average Bonchev–Trinajstić information content (AvgIpc) is 3.67. The van der Waals surface area contributed by atoms with Crippen molar-refractivity contribution >= 4 is 23.2 Å². The van der Waals surface area contributed by atoms with Crippen LogP contribution in [0.3, 0.4) is 0 Å². The summed E-state index contributed by atoms with van der Waals surface area (Å²) in [6, 6.07) is 9.55. The number of amides is 2. The van der Waals surface area contributed by atoms with Crippen LogP contribution in [0.2, 0.25) is 0 Å². The molecule has 7 nitrogen and oxygen atoms in total. The summed E-state index contributed by atoms with van der Waals surface area (Å²) >= 11 is 1.81. The van der Waals surface area contributed by atoms with Crippen LogP contribution < -0.4 is 11.1 Å². The van der Waals surface area contributed by atoms with Crippen LogP contribution >= 0.6 is 11.3 Å². The fourth-order valence-corrected chi connectivity index (χ4v) is 7.64. The molecule has 0 bridgehead atoms. The zero-order chi connectivity index (χ0) is 28.8. The fourth-order valence-electron chi connectivity index (χ4n) is 6.73. The van der Waals surface area contributed by atoms with Crippen molar-refractivity contribution in [2.75, 3.05) is 32.8 Å². The summed E-state index contributed by atoms with van der Waals surface area (Å²) in [4.78, 5) is 34.2. The number of carbonyl (C=O) groups excluding carboxylic acids is 2. The number of hydrogen-bond acceptors (Lipinski definition) is 6. The van der Waals surface area contributed by atoms with E-state index in [1.807, 2.05) is 11.3 Å². The van der Waals surface area contributed by atoms with Crippen molar-refractivity contribution in [3.05, 3.63) is 57.5 Å².